The summed E-state index contributed by atoms with van der Waals surface area (Å²) >= 11 is 0. The van der Waals surface area contributed by atoms with Crippen LogP contribution >= 0.6 is 0 Å². The molecule has 0 saturated carbocycles. The van der Waals surface area contributed by atoms with Crippen molar-refractivity contribution in [1.82, 2.24) is 5.01 Å². The van der Waals surface area contributed by atoms with Crippen LogP contribution in [0.15, 0.2) is 17.8 Å². The van der Waals surface area contributed by atoms with Crippen molar-refractivity contribution in [3.8, 4) is 0 Å². The lowest BCUT2D eigenvalue weighted by Crippen LogP contribution is -2.17. The molecule has 0 heterocycles. The zero-order chi connectivity index (χ0) is 6.57. The number of carbonyl (C=O) groups is 1. The molecule has 0 bridgehead atoms. The summed E-state index contributed by atoms with van der Waals surface area (Å²) in [5.74, 6) is -0.250. The Bertz CT molecular complexity index is 120. The van der Waals surface area contributed by atoms with Gasteiger partial charge in [-0.2, -0.15) is 5.10 Å². The maximum Gasteiger partial charge on any atom is 0.265 e. The Morgan fingerprint density at radius 1 is 1.88 bits per heavy atom. The fourth-order valence-corrected chi connectivity index (χ4v) is 0.202. The van der Waals surface area contributed by atoms with Crippen LogP contribution in [0.5, 0.6) is 0 Å². The topological polar surface area (TPSA) is 32.7 Å². The summed E-state index contributed by atoms with van der Waals surface area (Å²) in [5.41, 5.74) is 0. The van der Waals surface area contributed by atoms with Crippen LogP contribution in [0.3, 0.4) is 0 Å². The summed E-state index contributed by atoms with van der Waals surface area (Å²) in [6.07, 6.45) is 1.18. The molecule has 0 rings (SSSR count). The SMILES string of the molecule is C=CC(=O)N(C)N=C. The molecule has 44 valence electrons. The molecular formula is C5H8N2O. The normalized spacial score (nSPS) is 7.62. The summed E-state index contributed by atoms with van der Waals surface area (Å²) in [6, 6.07) is 0. The Kier molecular flexibility index (Phi) is 2.54. The van der Waals surface area contributed by atoms with Crippen molar-refractivity contribution in [3.63, 3.8) is 0 Å². The first-order chi connectivity index (χ1) is 3.72. The van der Waals surface area contributed by atoms with Crippen molar-refractivity contribution in [2.75, 3.05) is 7.05 Å². The fourth-order valence-electron chi connectivity index (χ4n) is 0.202. The van der Waals surface area contributed by atoms with Gasteiger partial charge in [-0.15, -0.1) is 0 Å². The van der Waals surface area contributed by atoms with Gasteiger partial charge in [-0.25, -0.2) is 5.01 Å². The number of carbonyl (C=O) groups excluding carboxylic acids is 1. The smallest absolute Gasteiger partial charge is 0.265 e. The van der Waals surface area contributed by atoms with E-state index >= 15 is 0 Å². The minimum atomic E-state index is -0.250. The number of nitrogens with zero attached hydrogens (tertiary/aromatic N) is 2. The molecule has 0 N–H and O–H groups in total. The molecule has 0 unspecified atom stereocenters. The zero-order valence-electron chi connectivity index (χ0n) is 4.79. The lowest BCUT2D eigenvalue weighted by molar-refractivity contribution is -0.124. The summed E-state index contributed by atoms with van der Waals surface area (Å²) in [5, 5.41) is 4.43. The van der Waals surface area contributed by atoms with Gasteiger partial charge in [0.2, 0.25) is 0 Å². The molecule has 3 heteroatoms. The van der Waals surface area contributed by atoms with Crippen molar-refractivity contribution >= 4 is 12.6 Å². The van der Waals surface area contributed by atoms with Gasteiger partial charge in [-0.3, -0.25) is 4.79 Å². The molecule has 3 nitrogen and oxygen atoms in total. The van der Waals surface area contributed by atoms with Gasteiger partial charge < -0.3 is 0 Å². The van der Waals surface area contributed by atoms with E-state index in [9.17, 15) is 4.79 Å². The van der Waals surface area contributed by atoms with E-state index in [-0.39, 0.29) is 5.91 Å². The van der Waals surface area contributed by atoms with Gasteiger partial charge in [0, 0.05) is 13.8 Å². The zero-order valence-corrected chi connectivity index (χ0v) is 4.79. The van der Waals surface area contributed by atoms with Crippen molar-refractivity contribution in [1.29, 1.82) is 0 Å². The molecule has 0 fully saturated rings. The average molecular weight is 112 g/mol. The fraction of sp³-hybridized carbons (Fsp3) is 0.200. The van der Waals surface area contributed by atoms with Crippen LogP contribution in [-0.2, 0) is 4.79 Å². The van der Waals surface area contributed by atoms with Gasteiger partial charge in [0.15, 0.2) is 0 Å². The second kappa shape index (κ2) is 2.96. The number of likely N-dealkylation sites (N-methyl/N-ethyl adjacent to an activating group) is 1. The Hall–Kier alpha value is -1.12. The standard InChI is InChI=1S/C5H8N2O/c1-4-5(8)7(3)6-2/h4H,1-2H2,3H3. The average Bonchev–Trinajstić information content (AvgIpc) is 1.84. The molecule has 0 aliphatic heterocycles. The third-order valence-corrected chi connectivity index (χ3v) is 0.706. The van der Waals surface area contributed by atoms with Crippen molar-refractivity contribution < 1.29 is 4.79 Å². The Labute approximate surface area is 48.3 Å². The lowest BCUT2D eigenvalue weighted by Gasteiger charge is -2.03. The first-order valence-electron chi connectivity index (χ1n) is 2.09. The van der Waals surface area contributed by atoms with Gasteiger partial charge in [-0.1, -0.05) is 6.58 Å². The van der Waals surface area contributed by atoms with Crippen molar-refractivity contribution in [2.45, 2.75) is 0 Å². The number of hydrazone groups is 1. The van der Waals surface area contributed by atoms with Crippen LogP contribution in [0.2, 0.25) is 0 Å². The number of hydrogen-bond donors (Lipinski definition) is 0. The van der Waals surface area contributed by atoms with E-state index in [4.69, 9.17) is 0 Å². The molecule has 0 radical (unpaired) electrons. The van der Waals surface area contributed by atoms with Crippen LogP contribution in [0.4, 0.5) is 0 Å². The molecule has 0 aromatic heterocycles. The quantitative estimate of drug-likeness (QED) is 0.286. The summed E-state index contributed by atoms with van der Waals surface area (Å²) < 4.78 is 0. The monoisotopic (exact) mass is 112 g/mol. The van der Waals surface area contributed by atoms with Crippen LogP contribution in [0, 0.1) is 0 Å². The second-order valence-corrected chi connectivity index (χ2v) is 1.21. The van der Waals surface area contributed by atoms with Crippen LogP contribution in [0.1, 0.15) is 0 Å². The van der Waals surface area contributed by atoms with E-state index in [2.05, 4.69) is 18.4 Å². The van der Waals surface area contributed by atoms with Crippen molar-refractivity contribution in [2.24, 2.45) is 5.10 Å². The van der Waals surface area contributed by atoms with Gasteiger partial charge >= 0.3 is 0 Å². The maximum absolute atomic E-state index is 10.4. The Morgan fingerprint density at radius 2 is 2.38 bits per heavy atom. The van der Waals surface area contributed by atoms with E-state index < -0.39 is 0 Å². The van der Waals surface area contributed by atoms with Crippen LogP contribution in [-0.4, -0.2) is 24.7 Å². The first-order valence-corrected chi connectivity index (χ1v) is 2.09. The van der Waals surface area contributed by atoms with E-state index in [1.54, 1.807) is 0 Å². The Morgan fingerprint density at radius 3 is 2.50 bits per heavy atom. The van der Waals surface area contributed by atoms with E-state index in [0.717, 1.165) is 5.01 Å². The molecule has 0 aliphatic rings. The minimum absolute atomic E-state index is 0.250. The third kappa shape index (κ3) is 1.55. The summed E-state index contributed by atoms with van der Waals surface area (Å²) in [6.45, 7) is 6.39. The van der Waals surface area contributed by atoms with Crippen molar-refractivity contribution in [3.05, 3.63) is 12.7 Å². The highest BCUT2D eigenvalue weighted by Gasteiger charge is 1.96. The molecule has 0 aliphatic carbocycles. The minimum Gasteiger partial charge on any atom is -0.268 e. The summed E-state index contributed by atoms with van der Waals surface area (Å²) in [4.78, 5) is 10.4. The number of amides is 1. The lowest BCUT2D eigenvalue weighted by atomic mass is 10.6. The first kappa shape index (κ1) is 6.88. The molecule has 0 aromatic rings. The van der Waals surface area contributed by atoms with Gasteiger partial charge in [0.05, 0.1) is 0 Å². The molecule has 0 spiro atoms. The highest BCUT2D eigenvalue weighted by atomic mass is 16.2. The number of rotatable bonds is 2. The summed E-state index contributed by atoms with van der Waals surface area (Å²) in [7, 11) is 1.51. The van der Waals surface area contributed by atoms with Gasteiger partial charge in [0.1, 0.15) is 0 Å². The number of hydrogen-bond acceptors (Lipinski definition) is 2. The molecule has 0 saturated heterocycles. The van der Waals surface area contributed by atoms with E-state index in [0.29, 0.717) is 0 Å². The largest absolute Gasteiger partial charge is 0.268 e. The molecule has 0 aromatic carbocycles. The molecule has 1 amide bonds. The molecular weight excluding hydrogens is 104 g/mol. The maximum atomic E-state index is 10.4. The third-order valence-electron chi connectivity index (χ3n) is 0.706. The predicted molar refractivity (Wildman–Crippen MR) is 32.5 cm³/mol. The van der Waals surface area contributed by atoms with Crippen LogP contribution in [0.25, 0.3) is 0 Å². The predicted octanol–water partition coefficient (Wildman–Crippen LogP) is 0.246. The highest BCUT2D eigenvalue weighted by molar-refractivity contribution is 5.86. The molecule has 0 atom stereocenters. The van der Waals surface area contributed by atoms with E-state index in [1.165, 1.54) is 13.1 Å². The van der Waals surface area contributed by atoms with Gasteiger partial charge in [0.25, 0.3) is 5.91 Å². The van der Waals surface area contributed by atoms with Crippen LogP contribution < -0.4 is 0 Å². The Balaban J connectivity index is 3.80. The molecule has 8 heavy (non-hydrogen) atoms. The van der Waals surface area contributed by atoms with E-state index in [1.807, 2.05) is 0 Å². The van der Waals surface area contributed by atoms with Gasteiger partial charge in [-0.05, 0) is 6.08 Å². The highest BCUT2D eigenvalue weighted by Crippen LogP contribution is 1.81. The second-order valence-electron chi connectivity index (χ2n) is 1.21.